The predicted molar refractivity (Wildman–Crippen MR) is 72.9 cm³/mol. The Hall–Kier alpha value is -1.67. The van der Waals surface area contributed by atoms with E-state index in [2.05, 4.69) is 32.0 Å². The Morgan fingerprint density at radius 3 is 2.56 bits per heavy atom. The SMILES string of the molecule is Cc1ccc(C)c(CC(N)c2ccccc2F)c1. The lowest BCUT2D eigenvalue weighted by Crippen LogP contribution is -2.15. The monoisotopic (exact) mass is 243 g/mol. The van der Waals surface area contributed by atoms with Gasteiger partial charge in [0.05, 0.1) is 0 Å². The first kappa shape index (κ1) is 12.8. The van der Waals surface area contributed by atoms with Crippen molar-refractivity contribution in [2.75, 3.05) is 0 Å². The predicted octanol–water partition coefficient (Wildman–Crippen LogP) is 3.69. The number of rotatable bonds is 3. The Kier molecular flexibility index (Phi) is 3.78. The molecule has 1 unspecified atom stereocenters. The smallest absolute Gasteiger partial charge is 0.127 e. The van der Waals surface area contributed by atoms with Gasteiger partial charge in [-0.05, 0) is 37.5 Å². The summed E-state index contributed by atoms with van der Waals surface area (Å²) in [4.78, 5) is 0. The third-order valence-corrected chi connectivity index (χ3v) is 3.25. The van der Waals surface area contributed by atoms with E-state index in [0.29, 0.717) is 12.0 Å². The molecular weight excluding hydrogens is 225 g/mol. The lowest BCUT2D eigenvalue weighted by molar-refractivity contribution is 0.580. The van der Waals surface area contributed by atoms with Crippen LogP contribution in [0, 0.1) is 19.7 Å². The lowest BCUT2D eigenvalue weighted by atomic mass is 9.95. The molecule has 2 aromatic rings. The van der Waals surface area contributed by atoms with Gasteiger partial charge in [-0.3, -0.25) is 0 Å². The number of nitrogens with two attached hydrogens (primary N) is 1. The van der Waals surface area contributed by atoms with Crippen LogP contribution in [-0.4, -0.2) is 0 Å². The summed E-state index contributed by atoms with van der Waals surface area (Å²) in [5, 5.41) is 0. The van der Waals surface area contributed by atoms with E-state index in [4.69, 9.17) is 5.73 Å². The molecule has 2 aromatic carbocycles. The van der Waals surface area contributed by atoms with E-state index in [1.807, 2.05) is 6.07 Å². The zero-order valence-electron chi connectivity index (χ0n) is 10.8. The van der Waals surface area contributed by atoms with Crippen LogP contribution < -0.4 is 5.73 Å². The molecule has 0 aromatic heterocycles. The second-order valence-electron chi connectivity index (χ2n) is 4.76. The maximum atomic E-state index is 13.6. The molecule has 1 nitrogen and oxygen atoms in total. The Balaban J connectivity index is 2.24. The van der Waals surface area contributed by atoms with Gasteiger partial charge in [0.25, 0.3) is 0 Å². The molecule has 0 heterocycles. The molecule has 2 heteroatoms. The Bertz CT molecular complexity index is 549. The third kappa shape index (κ3) is 2.77. The standard InChI is InChI=1S/C16H18FN/c1-11-7-8-12(2)13(9-11)10-16(18)14-5-3-4-6-15(14)17/h3-9,16H,10,18H2,1-2H3. The van der Waals surface area contributed by atoms with Crippen LogP contribution in [0.3, 0.4) is 0 Å². The number of hydrogen-bond donors (Lipinski definition) is 1. The van der Waals surface area contributed by atoms with Crippen molar-refractivity contribution < 1.29 is 4.39 Å². The van der Waals surface area contributed by atoms with Crippen LogP contribution in [-0.2, 0) is 6.42 Å². The summed E-state index contributed by atoms with van der Waals surface area (Å²) in [6.45, 7) is 4.11. The van der Waals surface area contributed by atoms with Crippen molar-refractivity contribution in [2.24, 2.45) is 5.73 Å². The molecule has 0 amide bonds. The van der Waals surface area contributed by atoms with Crippen molar-refractivity contribution in [1.29, 1.82) is 0 Å². The zero-order chi connectivity index (χ0) is 13.1. The fourth-order valence-electron chi connectivity index (χ4n) is 2.14. The van der Waals surface area contributed by atoms with Crippen LogP contribution in [0.25, 0.3) is 0 Å². The topological polar surface area (TPSA) is 26.0 Å². The molecule has 2 N–H and O–H groups in total. The molecule has 94 valence electrons. The van der Waals surface area contributed by atoms with Crippen molar-refractivity contribution in [1.82, 2.24) is 0 Å². The number of hydrogen-bond acceptors (Lipinski definition) is 1. The molecule has 0 aliphatic heterocycles. The Morgan fingerprint density at radius 2 is 1.83 bits per heavy atom. The first-order chi connectivity index (χ1) is 8.58. The summed E-state index contributed by atoms with van der Waals surface area (Å²) >= 11 is 0. The van der Waals surface area contributed by atoms with Crippen molar-refractivity contribution in [3.63, 3.8) is 0 Å². The molecule has 18 heavy (non-hydrogen) atoms. The molecule has 0 radical (unpaired) electrons. The van der Waals surface area contributed by atoms with Crippen LogP contribution >= 0.6 is 0 Å². The van der Waals surface area contributed by atoms with Crippen LogP contribution in [0.1, 0.15) is 28.3 Å². The van der Waals surface area contributed by atoms with Gasteiger partial charge >= 0.3 is 0 Å². The lowest BCUT2D eigenvalue weighted by Gasteiger charge is -2.15. The quantitative estimate of drug-likeness (QED) is 0.874. The summed E-state index contributed by atoms with van der Waals surface area (Å²) in [7, 11) is 0. The fraction of sp³-hybridized carbons (Fsp3) is 0.250. The number of benzene rings is 2. The molecule has 0 fully saturated rings. The van der Waals surface area contributed by atoms with Crippen LogP contribution in [0.2, 0.25) is 0 Å². The highest BCUT2D eigenvalue weighted by Crippen LogP contribution is 2.21. The average Bonchev–Trinajstić information content (AvgIpc) is 2.34. The van der Waals surface area contributed by atoms with Gasteiger partial charge < -0.3 is 5.73 Å². The molecule has 1 atom stereocenters. The van der Waals surface area contributed by atoms with Crippen molar-refractivity contribution in [3.05, 3.63) is 70.5 Å². The van der Waals surface area contributed by atoms with Crippen molar-refractivity contribution >= 4 is 0 Å². The first-order valence-corrected chi connectivity index (χ1v) is 6.14. The molecule has 0 saturated carbocycles. The molecule has 0 saturated heterocycles. The summed E-state index contributed by atoms with van der Waals surface area (Å²) in [5.41, 5.74) is 10.3. The molecule has 0 bridgehead atoms. The Morgan fingerprint density at radius 1 is 1.11 bits per heavy atom. The van der Waals surface area contributed by atoms with E-state index < -0.39 is 0 Å². The second-order valence-corrected chi connectivity index (χ2v) is 4.76. The van der Waals surface area contributed by atoms with Gasteiger partial charge in [0.15, 0.2) is 0 Å². The highest BCUT2D eigenvalue weighted by Gasteiger charge is 2.12. The second kappa shape index (κ2) is 5.32. The van der Waals surface area contributed by atoms with Gasteiger partial charge in [-0.2, -0.15) is 0 Å². The van der Waals surface area contributed by atoms with E-state index in [1.165, 1.54) is 22.8 Å². The van der Waals surface area contributed by atoms with Gasteiger partial charge in [0.2, 0.25) is 0 Å². The Labute approximate surface area is 107 Å². The highest BCUT2D eigenvalue weighted by molar-refractivity contribution is 5.33. The maximum Gasteiger partial charge on any atom is 0.127 e. The van der Waals surface area contributed by atoms with Crippen LogP contribution in [0.4, 0.5) is 4.39 Å². The third-order valence-electron chi connectivity index (χ3n) is 3.25. The van der Waals surface area contributed by atoms with Gasteiger partial charge in [-0.1, -0.05) is 42.0 Å². The van der Waals surface area contributed by atoms with E-state index in [1.54, 1.807) is 12.1 Å². The summed E-state index contributed by atoms with van der Waals surface area (Å²) < 4.78 is 13.6. The van der Waals surface area contributed by atoms with Crippen molar-refractivity contribution in [2.45, 2.75) is 26.3 Å². The van der Waals surface area contributed by atoms with Gasteiger partial charge in [-0.25, -0.2) is 4.39 Å². The molecule has 2 rings (SSSR count). The minimum atomic E-state index is -0.299. The molecular formula is C16H18FN. The largest absolute Gasteiger partial charge is 0.324 e. The van der Waals surface area contributed by atoms with E-state index in [0.717, 1.165) is 0 Å². The first-order valence-electron chi connectivity index (χ1n) is 6.14. The number of aryl methyl sites for hydroxylation is 2. The summed E-state index contributed by atoms with van der Waals surface area (Å²) in [6.07, 6.45) is 0.661. The normalized spacial score (nSPS) is 12.4. The van der Waals surface area contributed by atoms with Gasteiger partial charge in [-0.15, -0.1) is 0 Å². The molecule has 0 aliphatic rings. The van der Waals surface area contributed by atoms with Gasteiger partial charge in [0.1, 0.15) is 5.82 Å². The zero-order valence-corrected chi connectivity index (χ0v) is 10.8. The summed E-state index contributed by atoms with van der Waals surface area (Å²) in [6, 6.07) is 12.7. The van der Waals surface area contributed by atoms with E-state index >= 15 is 0 Å². The minimum Gasteiger partial charge on any atom is -0.324 e. The average molecular weight is 243 g/mol. The van der Waals surface area contributed by atoms with Crippen LogP contribution in [0.5, 0.6) is 0 Å². The van der Waals surface area contributed by atoms with Crippen molar-refractivity contribution in [3.8, 4) is 0 Å². The molecule has 0 spiro atoms. The minimum absolute atomic E-state index is 0.227. The highest BCUT2D eigenvalue weighted by atomic mass is 19.1. The summed E-state index contributed by atoms with van der Waals surface area (Å²) in [5.74, 6) is -0.227. The fourth-order valence-corrected chi connectivity index (χ4v) is 2.14. The van der Waals surface area contributed by atoms with E-state index in [-0.39, 0.29) is 11.9 Å². The maximum absolute atomic E-state index is 13.6. The molecule has 0 aliphatic carbocycles. The van der Waals surface area contributed by atoms with Gasteiger partial charge in [0, 0.05) is 11.6 Å². The van der Waals surface area contributed by atoms with E-state index in [9.17, 15) is 4.39 Å². The van der Waals surface area contributed by atoms with Crippen LogP contribution in [0.15, 0.2) is 42.5 Å². The number of halogens is 1.